The van der Waals surface area contributed by atoms with Gasteiger partial charge in [0.15, 0.2) is 0 Å². The molecular formula is C9H8Cl2N. The minimum absolute atomic E-state index is 0.170. The molecule has 1 radical (unpaired) electrons. The van der Waals surface area contributed by atoms with Crippen molar-refractivity contribution in [2.24, 2.45) is 0 Å². The molecule has 2 atom stereocenters. The smallest absolute Gasteiger partial charge is 0.119 e. The monoisotopic (exact) mass is 200 g/mol. The quantitative estimate of drug-likeness (QED) is 0.452. The highest BCUT2D eigenvalue weighted by molar-refractivity contribution is 6.30. The van der Waals surface area contributed by atoms with E-state index in [0.717, 1.165) is 5.56 Å². The van der Waals surface area contributed by atoms with E-state index in [1.54, 1.807) is 0 Å². The van der Waals surface area contributed by atoms with Crippen LogP contribution in [0.2, 0.25) is 0 Å². The molecular weight excluding hydrogens is 193 g/mol. The number of alkyl halides is 2. The van der Waals surface area contributed by atoms with Crippen molar-refractivity contribution in [2.45, 2.75) is 17.4 Å². The van der Waals surface area contributed by atoms with Crippen molar-refractivity contribution >= 4 is 23.2 Å². The van der Waals surface area contributed by atoms with Gasteiger partial charge < -0.3 is 0 Å². The molecule has 0 spiro atoms. The van der Waals surface area contributed by atoms with Crippen LogP contribution in [0.1, 0.15) is 16.5 Å². The Bertz CT molecular complexity index is 288. The van der Waals surface area contributed by atoms with Crippen LogP contribution in [0.25, 0.3) is 0 Å². The third kappa shape index (κ3) is 1.33. The zero-order chi connectivity index (χ0) is 8.55. The fraction of sp³-hybridized carbons (Fsp3) is 0.333. The average Bonchev–Trinajstić information content (AvgIpc) is 2.12. The van der Waals surface area contributed by atoms with Crippen LogP contribution in [0, 0.1) is 0 Å². The second-order valence-electron chi connectivity index (χ2n) is 2.81. The molecule has 1 nitrogen and oxygen atoms in total. The highest BCUT2D eigenvalue weighted by Crippen LogP contribution is 2.33. The first-order chi connectivity index (χ1) is 5.79. The summed E-state index contributed by atoms with van der Waals surface area (Å²) in [5.41, 5.74) is 2.03. The van der Waals surface area contributed by atoms with Crippen molar-refractivity contribution in [2.75, 3.05) is 0 Å². The predicted molar refractivity (Wildman–Crippen MR) is 50.5 cm³/mol. The maximum atomic E-state index is 6.07. The molecule has 0 bridgehead atoms. The van der Waals surface area contributed by atoms with Gasteiger partial charge in [-0.25, -0.2) is 5.32 Å². The lowest BCUT2D eigenvalue weighted by Gasteiger charge is -2.24. The molecule has 0 amide bonds. The highest BCUT2D eigenvalue weighted by atomic mass is 35.5. The summed E-state index contributed by atoms with van der Waals surface area (Å²) in [6.45, 7) is 0.688. The molecule has 2 rings (SSSR count). The van der Waals surface area contributed by atoms with Crippen molar-refractivity contribution in [3.05, 3.63) is 35.4 Å². The maximum Gasteiger partial charge on any atom is 0.119 e. The van der Waals surface area contributed by atoms with Crippen LogP contribution < -0.4 is 5.32 Å². The van der Waals surface area contributed by atoms with E-state index in [-0.39, 0.29) is 10.9 Å². The van der Waals surface area contributed by atoms with Crippen molar-refractivity contribution in [1.82, 2.24) is 5.32 Å². The zero-order valence-electron chi connectivity index (χ0n) is 6.37. The average molecular weight is 201 g/mol. The van der Waals surface area contributed by atoms with Crippen LogP contribution in [0.4, 0.5) is 0 Å². The lowest BCUT2D eigenvalue weighted by Crippen LogP contribution is -2.26. The first-order valence-electron chi connectivity index (χ1n) is 3.81. The fourth-order valence-corrected chi connectivity index (χ4v) is 1.87. The Morgan fingerprint density at radius 2 is 2.00 bits per heavy atom. The summed E-state index contributed by atoms with van der Waals surface area (Å²) in [5.74, 6) is 0. The molecule has 0 aromatic heterocycles. The lowest BCUT2D eigenvalue weighted by atomic mass is 10.0. The van der Waals surface area contributed by atoms with Crippen molar-refractivity contribution < 1.29 is 0 Å². The fourth-order valence-electron chi connectivity index (χ4n) is 1.37. The van der Waals surface area contributed by atoms with Crippen LogP contribution in [-0.4, -0.2) is 5.50 Å². The number of halogens is 2. The van der Waals surface area contributed by atoms with E-state index in [4.69, 9.17) is 23.2 Å². The molecule has 2 unspecified atom stereocenters. The Morgan fingerprint density at radius 3 is 2.83 bits per heavy atom. The van der Waals surface area contributed by atoms with Crippen molar-refractivity contribution in [1.29, 1.82) is 0 Å². The number of nitrogens with zero attached hydrogens (tertiary/aromatic N) is 1. The van der Waals surface area contributed by atoms with Gasteiger partial charge in [0.25, 0.3) is 0 Å². The Morgan fingerprint density at radius 1 is 1.25 bits per heavy atom. The van der Waals surface area contributed by atoms with E-state index in [0.29, 0.717) is 6.54 Å². The van der Waals surface area contributed by atoms with Gasteiger partial charge >= 0.3 is 0 Å². The van der Waals surface area contributed by atoms with E-state index in [1.807, 2.05) is 24.3 Å². The van der Waals surface area contributed by atoms with Crippen LogP contribution in [-0.2, 0) is 6.54 Å². The second kappa shape index (κ2) is 3.25. The number of fused-ring (bicyclic) bond motifs is 1. The van der Waals surface area contributed by atoms with Gasteiger partial charge in [-0.15, -0.1) is 23.2 Å². The van der Waals surface area contributed by atoms with Crippen LogP contribution >= 0.6 is 23.2 Å². The summed E-state index contributed by atoms with van der Waals surface area (Å²) in [5, 5.41) is 4.02. The molecule has 0 N–H and O–H groups in total. The molecule has 0 saturated heterocycles. The first kappa shape index (κ1) is 8.36. The van der Waals surface area contributed by atoms with Gasteiger partial charge in [-0.05, 0) is 11.1 Å². The topological polar surface area (TPSA) is 14.1 Å². The molecule has 1 aliphatic heterocycles. The predicted octanol–water partition coefficient (Wildman–Crippen LogP) is 2.65. The van der Waals surface area contributed by atoms with Gasteiger partial charge in [0.05, 0.1) is 5.38 Å². The summed E-state index contributed by atoms with van der Waals surface area (Å²) >= 11 is 12.0. The van der Waals surface area contributed by atoms with Gasteiger partial charge in [0, 0.05) is 6.54 Å². The third-order valence-electron chi connectivity index (χ3n) is 2.03. The molecule has 0 aliphatic carbocycles. The van der Waals surface area contributed by atoms with Gasteiger partial charge in [0.1, 0.15) is 5.50 Å². The molecule has 1 aromatic carbocycles. The number of hydrogen-bond acceptors (Lipinski definition) is 0. The van der Waals surface area contributed by atoms with E-state index < -0.39 is 0 Å². The largest absolute Gasteiger partial charge is 0.216 e. The lowest BCUT2D eigenvalue weighted by molar-refractivity contribution is 0.571. The van der Waals surface area contributed by atoms with E-state index >= 15 is 0 Å². The molecule has 0 saturated carbocycles. The zero-order valence-corrected chi connectivity index (χ0v) is 7.89. The Labute approximate surface area is 81.7 Å². The minimum atomic E-state index is -0.276. The number of hydrogen-bond donors (Lipinski definition) is 0. The van der Waals surface area contributed by atoms with Crippen LogP contribution in [0.15, 0.2) is 24.3 Å². The summed E-state index contributed by atoms with van der Waals surface area (Å²) in [6.07, 6.45) is 0. The normalized spacial score (nSPS) is 28.2. The summed E-state index contributed by atoms with van der Waals surface area (Å²) in [7, 11) is 0. The van der Waals surface area contributed by atoms with Crippen LogP contribution in [0.3, 0.4) is 0 Å². The minimum Gasteiger partial charge on any atom is -0.216 e. The molecule has 63 valence electrons. The first-order valence-corrected chi connectivity index (χ1v) is 4.69. The molecule has 1 heterocycles. The second-order valence-corrected chi connectivity index (χ2v) is 3.73. The molecule has 12 heavy (non-hydrogen) atoms. The third-order valence-corrected chi connectivity index (χ3v) is 3.02. The number of rotatable bonds is 0. The summed E-state index contributed by atoms with van der Waals surface area (Å²) in [4.78, 5) is 0. The van der Waals surface area contributed by atoms with Gasteiger partial charge in [-0.2, -0.15) is 0 Å². The van der Waals surface area contributed by atoms with Gasteiger partial charge in [-0.3, -0.25) is 0 Å². The van der Waals surface area contributed by atoms with E-state index in [2.05, 4.69) is 5.32 Å². The van der Waals surface area contributed by atoms with Crippen LogP contribution in [0.5, 0.6) is 0 Å². The molecule has 1 aliphatic rings. The standard InChI is InChI=1S/C9H8Cl2N/c10-8-7-4-2-1-3-6(7)5-12-9(8)11/h1-4,8-9H,5H2. The van der Waals surface area contributed by atoms with Crippen molar-refractivity contribution in [3.8, 4) is 0 Å². The van der Waals surface area contributed by atoms with Crippen molar-refractivity contribution in [3.63, 3.8) is 0 Å². The van der Waals surface area contributed by atoms with Gasteiger partial charge in [0.2, 0.25) is 0 Å². The van der Waals surface area contributed by atoms with E-state index in [9.17, 15) is 0 Å². The Kier molecular flexibility index (Phi) is 2.26. The SMILES string of the molecule is ClC1[N]Cc2ccccc2C1Cl. The highest BCUT2D eigenvalue weighted by Gasteiger charge is 2.26. The summed E-state index contributed by atoms with van der Waals surface area (Å²) in [6, 6.07) is 8.02. The van der Waals surface area contributed by atoms with Gasteiger partial charge in [-0.1, -0.05) is 24.3 Å². The summed E-state index contributed by atoms with van der Waals surface area (Å²) < 4.78 is 0. The molecule has 0 fully saturated rings. The Hall–Kier alpha value is -0.240. The van der Waals surface area contributed by atoms with E-state index in [1.165, 1.54) is 5.56 Å². The molecule has 3 heteroatoms. The maximum absolute atomic E-state index is 6.07. The molecule has 1 aromatic rings. The Balaban J connectivity index is 2.42. The number of benzene rings is 1.